The number of aliphatic carboxylic acids is 1. The summed E-state index contributed by atoms with van der Waals surface area (Å²) in [6, 6.07) is 0. The van der Waals surface area contributed by atoms with Gasteiger partial charge in [0, 0.05) is 7.05 Å². The first-order valence-corrected chi connectivity index (χ1v) is 6.98. The first-order chi connectivity index (χ1) is 7.93. The molecule has 1 atom stereocenters. The van der Waals surface area contributed by atoms with E-state index in [1.165, 1.54) is 0 Å². The number of phosphoric acid groups is 2. The maximum absolute atomic E-state index is 11.1. The van der Waals surface area contributed by atoms with Crippen molar-refractivity contribution in [3.63, 3.8) is 0 Å². The predicted molar refractivity (Wildman–Crippen MR) is 44.9 cm³/mol. The number of nitrogens with zero attached hydrogens (tertiary/aromatic N) is 1. The van der Waals surface area contributed by atoms with Crippen LogP contribution in [0.3, 0.4) is 0 Å². The monoisotopic (exact) mass is 303 g/mol. The van der Waals surface area contributed by atoms with Gasteiger partial charge in [0.25, 0.3) is 7.82 Å². The molecule has 0 aromatic heterocycles. The fourth-order valence-electron chi connectivity index (χ4n) is 0.672. The molecule has 0 saturated heterocycles. The number of hydrogen-bond acceptors (Lipinski definition) is 10. The van der Waals surface area contributed by atoms with Crippen molar-refractivity contribution in [2.45, 2.75) is 0 Å². The normalized spacial score (nSPS) is 14.9. The summed E-state index contributed by atoms with van der Waals surface area (Å²) in [6.45, 7) is -2.04. The molecule has 18 heavy (non-hydrogen) atoms. The third-order valence-corrected chi connectivity index (χ3v) is 3.38. The number of carboxylic acids is 1. The Morgan fingerprint density at radius 3 is 2.11 bits per heavy atom. The lowest BCUT2D eigenvalue weighted by Gasteiger charge is -2.35. The van der Waals surface area contributed by atoms with Crippen LogP contribution in [0.25, 0.3) is 0 Å². The van der Waals surface area contributed by atoms with Crippen LogP contribution in [-0.2, 0) is 27.6 Å². The second-order valence-corrected chi connectivity index (χ2v) is 5.57. The molecule has 106 valence electrons. The summed E-state index contributed by atoms with van der Waals surface area (Å²) in [7, 11) is -10.3. The Morgan fingerprint density at radius 2 is 1.72 bits per heavy atom. The van der Waals surface area contributed by atoms with E-state index < -0.39 is 40.7 Å². The van der Waals surface area contributed by atoms with Gasteiger partial charge in [0.1, 0.15) is 6.61 Å². The summed E-state index contributed by atoms with van der Waals surface area (Å²) < 4.78 is 27.5. The van der Waals surface area contributed by atoms with E-state index in [-0.39, 0.29) is 0 Å². The molecular formula is C5H7NO10P2-4. The third-order valence-electron chi connectivity index (χ3n) is 1.34. The highest BCUT2D eigenvalue weighted by atomic mass is 31.3. The van der Waals surface area contributed by atoms with Gasteiger partial charge in [-0.3, -0.25) is 13.7 Å². The number of phosphoric ester groups is 1. The zero-order valence-electron chi connectivity index (χ0n) is 8.84. The van der Waals surface area contributed by atoms with Crippen molar-refractivity contribution < 1.29 is 47.3 Å². The minimum absolute atomic E-state index is 0.545. The van der Waals surface area contributed by atoms with Crippen LogP contribution in [0.1, 0.15) is 0 Å². The highest BCUT2D eigenvalue weighted by Gasteiger charge is 2.16. The van der Waals surface area contributed by atoms with Crippen LogP contribution in [0.15, 0.2) is 0 Å². The third kappa shape index (κ3) is 8.31. The van der Waals surface area contributed by atoms with Crippen molar-refractivity contribution in [3.05, 3.63) is 0 Å². The lowest BCUT2D eigenvalue weighted by atomic mass is 10.5. The fraction of sp³-hybridized carbons (Fsp3) is 0.600. The molecule has 0 rings (SSSR count). The van der Waals surface area contributed by atoms with Gasteiger partial charge >= 0.3 is 0 Å². The Morgan fingerprint density at radius 1 is 1.22 bits per heavy atom. The number of carbonyl (C=O) groups is 2. The van der Waals surface area contributed by atoms with E-state index in [1.54, 1.807) is 0 Å². The van der Waals surface area contributed by atoms with Crippen LogP contribution in [-0.4, -0.2) is 37.0 Å². The van der Waals surface area contributed by atoms with Crippen LogP contribution >= 0.6 is 15.6 Å². The largest absolute Gasteiger partial charge is 0.790 e. The number of likely N-dealkylation sites (N-methyl/N-ethyl adjacent to an activating group) is 1. The molecule has 1 amide bonds. The van der Waals surface area contributed by atoms with Crippen LogP contribution in [0.5, 0.6) is 0 Å². The number of carboxylic acid groups (broad SMARTS) is 1. The van der Waals surface area contributed by atoms with E-state index in [4.69, 9.17) is 0 Å². The predicted octanol–water partition coefficient (Wildman–Crippen LogP) is -4.47. The molecule has 0 heterocycles. The average Bonchev–Trinajstić information content (AvgIpc) is 2.09. The van der Waals surface area contributed by atoms with E-state index in [2.05, 4.69) is 8.83 Å². The van der Waals surface area contributed by atoms with Crippen molar-refractivity contribution in [3.8, 4) is 0 Å². The van der Waals surface area contributed by atoms with Crippen LogP contribution < -0.4 is 19.8 Å². The first kappa shape index (κ1) is 17.2. The Balaban J connectivity index is 4.32. The Hall–Kier alpha value is -0.800. The van der Waals surface area contributed by atoms with Crippen LogP contribution in [0.2, 0.25) is 0 Å². The second-order valence-electron chi connectivity index (χ2n) is 2.87. The molecular weight excluding hydrogens is 296 g/mol. The molecule has 0 aliphatic rings. The van der Waals surface area contributed by atoms with Gasteiger partial charge in [0.2, 0.25) is 5.91 Å². The lowest BCUT2D eigenvalue weighted by molar-refractivity contribution is -0.339. The summed E-state index contributed by atoms with van der Waals surface area (Å²) in [5, 5.41) is 10.1. The van der Waals surface area contributed by atoms with Gasteiger partial charge < -0.3 is 38.6 Å². The zero-order valence-corrected chi connectivity index (χ0v) is 10.6. The van der Waals surface area contributed by atoms with E-state index >= 15 is 0 Å². The number of carbonyl (C=O) groups excluding carboxylic acids is 2. The SMILES string of the molecule is CN(CC(=O)[O-])C(=O)COP(=O)([O-])OP(=O)([O-])[O-]. The van der Waals surface area contributed by atoms with Crippen molar-refractivity contribution >= 4 is 27.5 Å². The summed E-state index contributed by atoms with van der Waals surface area (Å²) in [4.78, 5) is 52.4. The maximum atomic E-state index is 11.1. The number of amides is 1. The first-order valence-electron chi connectivity index (χ1n) is 4.06. The van der Waals surface area contributed by atoms with E-state index in [0.29, 0.717) is 4.90 Å². The minimum atomic E-state index is -5.82. The highest BCUT2D eigenvalue weighted by Crippen LogP contribution is 2.50. The molecule has 0 aliphatic heterocycles. The van der Waals surface area contributed by atoms with Crippen molar-refractivity contribution in [2.75, 3.05) is 20.2 Å². The molecule has 0 aliphatic carbocycles. The number of rotatable bonds is 7. The van der Waals surface area contributed by atoms with E-state index in [9.17, 15) is 38.5 Å². The van der Waals surface area contributed by atoms with Gasteiger partial charge in [0.15, 0.2) is 0 Å². The summed E-state index contributed by atoms with van der Waals surface area (Å²) in [5.41, 5.74) is 0. The Bertz CT molecular complexity index is 414. The van der Waals surface area contributed by atoms with E-state index in [0.717, 1.165) is 7.05 Å². The Labute approximate surface area is 101 Å². The van der Waals surface area contributed by atoms with E-state index in [1.807, 2.05) is 0 Å². The molecule has 11 nitrogen and oxygen atoms in total. The average molecular weight is 303 g/mol. The van der Waals surface area contributed by atoms with Gasteiger partial charge in [-0.25, -0.2) is 0 Å². The van der Waals surface area contributed by atoms with Crippen LogP contribution in [0.4, 0.5) is 0 Å². The summed E-state index contributed by atoms with van der Waals surface area (Å²) >= 11 is 0. The zero-order chi connectivity index (χ0) is 14.6. The van der Waals surface area contributed by atoms with Gasteiger partial charge in [-0.1, -0.05) is 0 Å². The smallest absolute Gasteiger partial charge is 0.272 e. The number of hydrogen-bond donors (Lipinski definition) is 0. The van der Waals surface area contributed by atoms with Gasteiger partial charge in [-0.2, -0.15) is 0 Å². The molecule has 0 N–H and O–H groups in total. The van der Waals surface area contributed by atoms with Crippen molar-refractivity contribution in [1.29, 1.82) is 0 Å². The fourth-order valence-corrected chi connectivity index (χ4v) is 2.11. The molecule has 0 fully saturated rings. The lowest BCUT2D eigenvalue weighted by Crippen LogP contribution is -2.40. The molecule has 0 radical (unpaired) electrons. The van der Waals surface area contributed by atoms with Crippen LogP contribution in [0, 0.1) is 0 Å². The second kappa shape index (κ2) is 6.39. The van der Waals surface area contributed by atoms with Crippen molar-refractivity contribution in [1.82, 2.24) is 4.90 Å². The molecule has 0 spiro atoms. The van der Waals surface area contributed by atoms with Gasteiger partial charge in [-0.05, 0) is 0 Å². The summed E-state index contributed by atoms with van der Waals surface area (Å²) in [5.74, 6) is -2.71. The molecule has 0 aromatic rings. The molecule has 0 aromatic carbocycles. The van der Waals surface area contributed by atoms with Gasteiger partial charge in [-0.15, -0.1) is 0 Å². The quantitative estimate of drug-likeness (QED) is 0.415. The van der Waals surface area contributed by atoms with Gasteiger partial charge in [0.05, 0.1) is 20.3 Å². The highest BCUT2D eigenvalue weighted by molar-refractivity contribution is 7.58. The topological polar surface area (TPSA) is 182 Å². The standard InChI is InChI=1S/C5H11NO10P2/c1-6(2-5(8)9)4(7)3-15-18(13,14)16-17(10,11)12/h2-3H2,1H3,(H,8,9)(H,13,14)(H2,10,11,12)/p-4. The molecule has 0 bridgehead atoms. The Kier molecular flexibility index (Phi) is 6.11. The summed E-state index contributed by atoms with van der Waals surface area (Å²) in [6.07, 6.45) is 0. The molecule has 13 heteroatoms. The molecule has 0 saturated carbocycles. The minimum Gasteiger partial charge on any atom is -0.790 e. The maximum Gasteiger partial charge on any atom is 0.272 e. The van der Waals surface area contributed by atoms with Crippen molar-refractivity contribution in [2.24, 2.45) is 0 Å². The molecule has 1 unspecified atom stereocenters.